The second-order valence-corrected chi connectivity index (χ2v) is 17.7. The summed E-state index contributed by atoms with van der Waals surface area (Å²) in [5.41, 5.74) is 0. The monoisotopic (exact) mass is 923 g/mol. The van der Waals surface area contributed by atoms with Crippen molar-refractivity contribution in [2.45, 2.75) is 197 Å². The summed E-state index contributed by atoms with van der Waals surface area (Å²) in [4.78, 5) is 35.8. The lowest BCUT2D eigenvalue weighted by molar-refractivity contribution is -0.220. The van der Waals surface area contributed by atoms with Gasteiger partial charge in [-0.15, -0.1) is 0 Å². The smallest absolute Gasteiger partial charge is 0.462 e. The van der Waals surface area contributed by atoms with Crippen LogP contribution in [0.15, 0.2) is 85.1 Å². The Morgan fingerprint density at radius 3 is 1.53 bits per heavy atom. The second kappa shape index (κ2) is 35.2. The van der Waals surface area contributed by atoms with Crippen molar-refractivity contribution >= 4 is 19.8 Å². The molecule has 2 aliphatic rings. The van der Waals surface area contributed by atoms with E-state index < -0.39 is 75.7 Å². The first-order valence-electron chi connectivity index (χ1n) is 23.5. The average molecular weight is 923 g/mol. The molecule has 1 aliphatic carbocycles. The van der Waals surface area contributed by atoms with Crippen LogP contribution in [0.2, 0.25) is 0 Å². The predicted octanol–water partition coefficient (Wildman–Crippen LogP) is 8.26. The minimum absolute atomic E-state index is 0.000383. The maximum atomic E-state index is 12.8. The molecule has 0 spiro atoms. The molecule has 0 aromatic carbocycles. The van der Waals surface area contributed by atoms with E-state index in [0.29, 0.717) is 25.7 Å². The minimum atomic E-state index is -5.16. The molecule has 1 heterocycles. The van der Waals surface area contributed by atoms with Crippen molar-refractivity contribution in [1.29, 1.82) is 0 Å². The molecule has 0 amide bonds. The van der Waals surface area contributed by atoms with Gasteiger partial charge in [-0.2, -0.15) is 0 Å². The van der Waals surface area contributed by atoms with Crippen molar-refractivity contribution in [2.24, 2.45) is 0 Å². The van der Waals surface area contributed by atoms with E-state index in [4.69, 9.17) is 23.3 Å². The highest BCUT2D eigenvalue weighted by atomic mass is 31.2. The van der Waals surface area contributed by atoms with E-state index in [1.807, 2.05) is 12.2 Å². The first-order chi connectivity index (χ1) is 30.9. The number of phosphoric acid groups is 1. The standard InChI is InChI=1S/C49H79O14P/c1-3-5-7-9-11-13-15-17-18-19-20-21-23-25-27-29-31-35-43(51)61-39(38-60-64(57,58)63-49-47(55)45(53)44(52)46(54)48(49)56)37-59-42(50)36-32-34-41-40(62-41)33-30-28-26-24-22-16-14-12-10-8-6-4-2/h11-14,17-18,20-22,24-25,27-28,30,39-41,44-49,52-56H,3-10,15-16,19,23,26,29,31-38H2,1-2H3,(H,57,58)/b13-11-,14-12-,18-17-,21-20-,24-22-,27-25-,30-28-/t39-,40?,41?,44?,45-,46+,47-,48-,49?/m1/s1. The van der Waals surface area contributed by atoms with Crippen LogP contribution in [0.25, 0.3) is 0 Å². The zero-order chi connectivity index (χ0) is 46.8. The predicted molar refractivity (Wildman–Crippen MR) is 248 cm³/mol. The Morgan fingerprint density at radius 1 is 0.562 bits per heavy atom. The molecular weight excluding hydrogens is 843 g/mol. The number of carbonyl (C=O) groups excluding carboxylic acids is 2. The van der Waals surface area contributed by atoms with Gasteiger partial charge in [0.05, 0.1) is 18.8 Å². The van der Waals surface area contributed by atoms with Crippen LogP contribution in [-0.4, -0.2) is 111 Å². The van der Waals surface area contributed by atoms with Crippen LogP contribution in [0, 0.1) is 0 Å². The topological polar surface area (TPSA) is 222 Å². The van der Waals surface area contributed by atoms with Crippen molar-refractivity contribution in [2.75, 3.05) is 13.2 Å². The van der Waals surface area contributed by atoms with Gasteiger partial charge in [-0.25, -0.2) is 4.57 Å². The summed E-state index contributed by atoms with van der Waals surface area (Å²) in [5.74, 6) is -1.25. The van der Waals surface area contributed by atoms with Gasteiger partial charge in [0, 0.05) is 12.8 Å². The summed E-state index contributed by atoms with van der Waals surface area (Å²) >= 11 is 0. The normalized spacial score (nSPS) is 25.5. The first kappa shape index (κ1) is 57.1. The molecule has 364 valence electrons. The van der Waals surface area contributed by atoms with E-state index in [-0.39, 0.29) is 25.0 Å². The van der Waals surface area contributed by atoms with Crippen molar-refractivity contribution in [1.82, 2.24) is 0 Å². The number of hydrogen-bond acceptors (Lipinski definition) is 13. The van der Waals surface area contributed by atoms with Crippen molar-refractivity contribution < 1.29 is 67.8 Å². The minimum Gasteiger partial charge on any atom is -0.462 e. The molecule has 1 aliphatic heterocycles. The molecular formula is C49H79O14P. The SMILES string of the molecule is CCCCC/C=C\C/C=C\C/C=C\C/C=C\CCCC(=O)O[C@H](COC(=O)CCCC1OC1C/C=C\C/C=C\C/C=C\CCCCC)COP(=O)(O)OC1[C@H](O)[C@H](O)C(O)[C@H](O)[C@H]1O. The Bertz CT molecular complexity index is 1510. The van der Waals surface area contributed by atoms with Gasteiger partial charge < -0.3 is 44.6 Å². The second-order valence-electron chi connectivity index (χ2n) is 16.3. The van der Waals surface area contributed by atoms with Crippen LogP contribution >= 0.6 is 7.82 Å². The number of carbonyl (C=O) groups is 2. The fourth-order valence-corrected chi connectivity index (χ4v) is 7.69. The maximum Gasteiger partial charge on any atom is 0.472 e. The fourth-order valence-electron chi connectivity index (χ4n) is 6.72. The Kier molecular flexibility index (Phi) is 31.4. The summed E-state index contributed by atoms with van der Waals surface area (Å²) in [6.07, 6.45) is 33.7. The van der Waals surface area contributed by atoms with Crippen molar-refractivity contribution in [3.8, 4) is 0 Å². The number of rotatable bonds is 36. The van der Waals surface area contributed by atoms with Crippen LogP contribution in [0.1, 0.15) is 142 Å². The Hall–Kier alpha value is -3.01. The molecule has 0 aromatic rings. The number of hydrogen-bond donors (Lipinski definition) is 6. The van der Waals surface area contributed by atoms with Gasteiger partial charge in [0.15, 0.2) is 6.10 Å². The van der Waals surface area contributed by atoms with Gasteiger partial charge in [-0.1, -0.05) is 125 Å². The highest BCUT2D eigenvalue weighted by Gasteiger charge is 2.51. The van der Waals surface area contributed by atoms with E-state index in [1.54, 1.807) is 0 Å². The number of unbranched alkanes of at least 4 members (excludes halogenated alkanes) is 7. The van der Waals surface area contributed by atoms with Crippen LogP contribution in [0.3, 0.4) is 0 Å². The Morgan fingerprint density at radius 2 is 1.02 bits per heavy atom. The van der Waals surface area contributed by atoms with Gasteiger partial charge in [0.25, 0.3) is 0 Å². The molecule has 2 rings (SSSR count). The van der Waals surface area contributed by atoms with Crippen LogP contribution in [0.5, 0.6) is 0 Å². The van der Waals surface area contributed by atoms with Gasteiger partial charge >= 0.3 is 19.8 Å². The number of esters is 2. The molecule has 0 aromatic heterocycles. The molecule has 1 saturated heterocycles. The van der Waals surface area contributed by atoms with E-state index in [1.165, 1.54) is 38.5 Å². The largest absolute Gasteiger partial charge is 0.472 e. The van der Waals surface area contributed by atoms with Gasteiger partial charge in [0.1, 0.15) is 43.2 Å². The molecule has 2 fully saturated rings. The molecule has 0 bridgehead atoms. The third-order valence-electron chi connectivity index (χ3n) is 10.6. The lowest BCUT2D eigenvalue weighted by Crippen LogP contribution is -2.64. The quantitative estimate of drug-likeness (QED) is 0.0115. The number of phosphoric ester groups is 1. The van der Waals surface area contributed by atoms with Crippen molar-refractivity contribution in [3.05, 3.63) is 85.1 Å². The third-order valence-corrected chi connectivity index (χ3v) is 11.6. The van der Waals surface area contributed by atoms with Gasteiger partial charge in [-0.05, 0) is 89.9 Å². The molecule has 14 nitrogen and oxygen atoms in total. The van der Waals surface area contributed by atoms with Gasteiger partial charge in [0.2, 0.25) is 0 Å². The number of epoxide rings is 1. The van der Waals surface area contributed by atoms with Crippen LogP contribution in [0.4, 0.5) is 0 Å². The number of aliphatic hydroxyl groups is 5. The Labute approximate surface area is 382 Å². The first-order valence-corrected chi connectivity index (χ1v) is 25.0. The average Bonchev–Trinajstić information content (AvgIpc) is 4.03. The summed E-state index contributed by atoms with van der Waals surface area (Å²) < 4.78 is 39.2. The summed E-state index contributed by atoms with van der Waals surface area (Å²) in [5, 5.41) is 50.2. The number of ether oxygens (including phenoxy) is 3. The summed E-state index contributed by atoms with van der Waals surface area (Å²) in [6.45, 7) is 3.12. The summed E-state index contributed by atoms with van der Waals surface area (Å²) in [6, 6.07) is 0. The molecule has 10 atom stereocenters. The molecule has 64 heavy (non-hydrogen) atoms. The molecule has 15 heteroatoms. The third kappa shape index (κ3) is 26.8. The van der Waals surface area contributed by atoms with Crippen molar-refractivity contribution in [3.63, 3.8) is 0 Å². The molecule has 0 radical (unpaired) electrons. The van der Waals surface area contributed by atoms with E-state index in [9.17, 15) is 44.6 Å². The summed E-state index contributed by atoms with van der Waals surface area (Å²) in [7, 11) is -5.16. The van der Waals surface area contributed by atoms with Crippen LogP contribution in [-0.2, 0) is 37.4 Å². The van der Waals surface area contributed by atoms with Gasteiger partial charge in [-0.3, -0.25) is 18.6 Å². The fraction of sp³-hybridized carbons (Fsp3) is 0.673. The Balaban J connectivity index is 1.77. The van der Waals surface area contributed by atoms with Crippen LogP contribution < -0.4 is 0 Å². The highest BCUT2D eigenvalue weighted by molar-refractivity contribution is 7.47. The molecule has 5 unspecified atom stereocenters. The maximum absolute atomic E-state index is 12.8. The van der Waals surface area contributed by atoms with E-state index >= 15 is 0 Å². The zero-order valence-corrected chi connectivity index (χ0v) is 39.1. The lowest BCUT2D eigenvalue weighted by Gasteiger charge is -2.41. The zero-order valence-electron chi connectivity index (χ0n) is 38.2. The molecule has 6 N–H and O–H groups in total. The number of aliphatic hydroxyl groups excluding tert-OH is 5. The van der Waals surface area contributed by atoms with E-state index in [2.05, 4.69) is 86.8 Å². The lowest BCUT2D eigenvalue weighted by atomic mass is 9.85. The highest BCUT2D eigenvalue weighted by Crippen LogP contribution is 2.47. The number of allylic oxidation sites excluding steroid dienone is 13. The molecule has 1 saturated carbocycles. The van der Waals surface area contributed by atoms with E-state index in [0.717, 1.165) is 51.4 Å².